The summed E-state index contributed by atoms with van der Waals surface area (Å²) in [6.07, 6.45) is 5.80. The first-order chi connectivity index (χ1) is 10.3. The first kappa shape index (κ1) is 13.7. The number of imidazole rings is 1. The van der Waals surface area contributed by atoms with Crippen LogP contribution in [0.4, 0.5) is 5.69 Å². The summed E-state index contributed by atoms with van der Waals surface area (Å²) in [4.78, 5) is 16.0. The van der Waals surface area contributed by atoms with E-state index in [-0.39, 0.29) is 5.91 Å². The molecule has 0 unspecified atom stereocenters. The highest BCUT2D eigenvalue weighted by molar-refractivity contribution is 5.81. The number of nitrogens with zero attached hydrogens (tertiary/aromatic N) is 2. The van der Waals surface area contributed by atoms with E-state index in [2.05, 4.69) is 33.8 Å². The number of carbonyl (C=O) groups excluding carboxylic acids is 1. The van der Waals surface area contributed by atoms with E-state index in [0.717, 1.165) is 30.6 Å². The molecule has 3 rings (SSSR count). The molecule has 0 aliphatic carbocycles. The maximum atomic E-state index is 11.8. The number of nitrogens with one attached hydrogen (secondary N) is 2. The normalized spacial score (nSPS) is 13.4. The molecule has 5 nitrogen and oxygen atoms in total. The monoisotopic (exact) mass is 284 g/mol. The third-order valence-electron chi connectivity index (χ3n) is 3.75. The molecular formula is C16H20N4O. The molecule has 1 aromatic heterocycles. The Hall–Kier alpha value is -2.30. The van der Waals surface area contributed by atoms with Crippen molar-refractivity contribution in [3.8, 4) is 11.3 Å². The number of amides is 1. The number of fused-ring (bicyclic) bond motifs is 1. The van der Waals surface area contributed by atoms with Crippen LogP contribution < -0.4 is 10.6 Å². The fourth-order valence-corrected chi connectivity index (χ4v) is 2.80. The van der Waals surface area contributed by atoms with Crippen molar-refractivity contribution in [2.45, 2.75) is 26.3 Å². The largest absolute Gasteiger partial charge is 0.384 e. The second-order valence-electron chi connectivity index (χ2n) is 5.23. The second-order valence-corrected chi connectivity index (χ2v) is 5.23. The summed E-state index contributed by atoms with van der Waals surface area (Å²) >= 11 is 0. The van der Waals surface area contributed by atoms with Gasteiger partial charge in [0.2, 0.25) is 5.91 Å². The van der Waals surface area contributed by atoms with Crippen molar-refractivity contribution in [1.29, 1.82) is 0 Å². The maximum Gasteiger partial charge on any atom is 0.239 e. The fourth-order valence-electron chi connectivity index (χ4n) is 2.80. The fraction of sp³-hybridized carbons (Fsp3) is 0.375. The van der Waals surface area contributed by atoms with Gasteiger partial charge in [0.25, 0.3) is 0 Å². The number of aromatic nitrogens is 2. The van der Waals surface area contributed by atoms with Crippen LogP contribution >= 0.6 is 0 Å². The van der Waals surface area contributed by atoms with E-state index in [9.17, 15) is 4.79 Å². The molecule has 0 saturated carbocycles. The Bertz CT molecular complexity index is 647. The van der Waals surface area contributed by atoms with E-state index in [1.54, 1.807) is 6.33 Å². The minimum absolute atomic E-state index is 0.00880. The highest BCUT2D eigenvalue weighted by atomic mass is 16.1. The molecule has 0 bridgehead atoms. The summed E-state index contributed by atoms with van der Waals surface area (Å²) in [6.45, 7) is 3.86. The molecule has 2 aromatic rings. The summed E-state index contributed by atoms with van der Waals surface area (Å²) in [5.41, 5.74) is 4.62. The molecule has 0 radical (unpaired) electrons. The molecule has 5 heteroatoms. The topological polar surface area (TPSA) is 59.0 Å². The van der Waals surface area contributed by atoms with Gasteiger partial charge in [0, 0.05) is 24.3 Å². The lowest BCUT2D eigenvalue weighted by Gasteiger charge is -2.21. The molecule has 1 amide bonds. The van der Waals surface area contributed by atoms with Gasteiger partial charge >= 0.3 is 0 Å². The Morgan fingerprint density at radius 1 is 1.48 bits per heavy atom. The third kappa shape index (κ3) is 2.77. The Balaban J connectivity index is 1.95. The highest BCUT2D eigenvalue weighted by Gasteiger charge is 2.16. The molecule has 0 atom stereocenters. The van der Waals surface area contributed by atoms with Gasteiger partial charge in [0.15, 0.2) is 0 Å². The van der Waals surface area contributed by atoms with Crippen molar-refractivity contribution >= 4 is 11.6 Å². The second kappa shape index (κ2) is 5.99. The predicted molar refractivity (Wildman–Crippen MR) is 83.2 cm³/mol. The average molecular weight is 284 g/mol. The van der Waals surface area contributed by atoms with Gasteiger partial charge in [0.1, 0.15) is 6.54 Å². The van der Waals surface area contributed by atoms with E-state index < -0.39 is 0 Å². The van der Waals surface area contributed by atoms with Crippen LogP contribution in [0.25, 0.3) is 11.3 Å². The summed E-state index contributed by atoms with van der Waals surface area (Å²) in [7, 11) is 0. The van der Waals surface area contributed by atoms with E-state index in [1.165, 1.54) is 11.3 Å². The number of rotatable bonds is 4. The standard InChI is InChI=1S/C16H20N4O/c1-2-18-15(21)10-20-11-17-9-14(20)13-7-3-5-12-6-4-8-19-16(12)13/h3,5,7,9,11,19H,2,4,6,8,10H2,1H3,(H,18,21). The lowest BCUT2D eigenvalue weighted by Crippen LogP contribution is -2.27. The lowest BCUT2D eigenvalue weighted by atomic mass is 9.98. The zero-order valence-corrected chi connectivity index (χ0v) is 12.2. The minimum atomic E-state index is 0.00880. The number of anilines is 1. The maximum absolute atomic E-state index is 11.8. The van der Waals surface area contributed by atoms with Crippen LogP contribution in [0, 0.1) is 0 Å². The first-order valence-electron chi connectivity index (χ1n) is 7.42. The molecule has 1 aliphatic heterocycles. The number of hydrogen-bond donors (Lipinski definition) is 2. The van der Waals surface area contributed by atoms with Crippen LogP contribution in [0.1, 0.15) is 18.9 Å². The van der Waals surface area contributed by atoms with Crippen LogP contribution in [-0.2, 0) is 17.8 Å². The van der Waals surface area contributed by atoms with Gasteiger partial charge < -0.3 is 15.2 Å². The summed E-state index contributed by atoms with van der Waals surface area (Å²) in [5, 5.41) is 6.31. The average Bonchev–Trinajstić information content (AvgIpc) is 2.95. The van der Waals surface area contributed by atoms with E-state index in [4.69, 9.17) is 0 Å². The number of benzene rings is 1. The van der Waals surface area contributed by atoms with Crippen LogP contribution in [0.2, 0.25) is 0 Å². The quantitative estimate of drug-likeness (QED) is 0.903. The molecule has 1 aliphatic rings. The third-order valence-corrected chi connectivity index (χ3v) is 3.75. The molecular weight excluding hydrogens is 264 g/mol. The van der Waals surface area contributed by atoms with E-state index in [1.807, 2.05) is 17.7 Å². The smallest absolute Gasteiger partial charge is 0.239 e. The molecule has 1 aromatic carbocycles. The number of para-hydroxylation sites is 1. The Kier molecular flexibility index (Phi) is 3.90. The van der Waals surface area contributed by atoms with Gasteiger partial charge in [-0.15, -0.1) is 0 Å². The summed E-state index contributed by atoms with van der Waals surface area (Å²) < 4.78 is 1.90. The van der Waals surface area contributed by atoms with Gasteiger partial charge in [-0.25, -0.2) is 4.98 Å². The van der Waals surface area contributed by atoms with Crippen LogP contribution in [0.15, 0.2) is 30.7 Å². The van der Waals surface area contributed by atoms with Gasteiger partial charge in [-0.3, -0.25) is 4.79 Å². The first-order valence-corrected chi connectivity index (χ1v) is 7.42. The minimum Gasteiger partial charge on any atom is -0.384 e. The number of carbonyl (C=O) groups is 1. The molecule has 2 heterocycles. The molecule has 0 fully saturated rings. The van der Waals surface area contributed by atoms with Crippen LogP contribution in [0.5, 0.6) is 0 Å². The molecule has 21 heavy (non-hydrogen) atoms. The van der Waals surface area contributed by atoms with Gasteiger partial charge in [-0.2, -0.15) is 0 Å². The molecule has 0 saturated heterocycles. The SMILES string of the molecule is CCNC(=O)Cn1cncc1-c1cccc2c1NCCC2. The summed E-state index contributed by atoms with van der Waals surface area (Å²) in [5.74, 6) is 0.00880. The van der Waals surface area contributed by atoms with Crippen molar-refractivity contribution in [3.05, 3.63) is 36.3 Å². The molecule has 110 valence electrons. The highest BCUT2D eigenvalue weighted by Crippen LogP contribution is 2.33. The van der Waals surface area contributed by atoms with Crippen molar-refractivity contribution < 1.29 is 4.79 Å². The van der Waals surface area contributed by atoms with Gasteiger partial charge in [-0.1, -0.05) is 18.2 Å². The number of likely N-dealkylation sites (N-methyl/N-ethyl adjacent to an activating group) is 1. The molecule has 0 spiro atoms. The number of hydrogen-bond acceptors (Lipinski definition) is 3. The lowest BCUT2D eigenvalue weighted by molar-refractivity contribution is -0.121. The zero-order chi connectivity index (χ0) is 14.7. The van der Waals surface area contributed by atoms with Crippen molar-refractivity contribution in [3.63, 3.8) is 0 Å². The Morgan fingerprint density at radius 3 is 3.24 bits per heavy atom. The predicted octanol–water partition coefficient (Wildman–Crippen LogP) is 2.04. The van der Waals surface area contributed by atoms with Gasteiger partial charge in [0.05, 0.1) is 18.2 Å². The zero-order valence-electron chi connectivity index (χ0n) is 12.2. The van der Waals surface area contributed by atoms with Crippen LogP contribution in [0.3, 0.4) is 0 Å². The van der Waals surface area contributed by atoms with E-state index in [0.29, 0.717) is 13.1 Å². The van der Waals surface area contributed by atoms with Crippen LogP contribution in [-0.4, -0.2) is 28.5 Å². The Labute approximate surface area is 124 Å². The number of aryl methyl sites for hydroxylation is 1. The van der Waals surface area contributed by atoms with E-state index >= 15 is 0 Å². The van der Waals surface area contributed by atoms with Gasteiger partial charge in [-0.05, 0) is 25.3 Å². The van der Waals surface area contributed by atoms with Crippen molar-refractivity contribution in [2.24, 2.45) is 0 Å². The molecule has 2 N–H and O–H groups in total. The van der Waals surface area contributed by atoms with Crippen molar-refractivity contribution in [2.75, 3.05) is 18.4 Å². The van der Waals surface area contributed by atoms with Crippen molar-refractivity contribution in [1.82, 2.24) is 14.9 Å². The summed E-state index contributed by atoms with van der Waals surface area (Å²) in [6, 6.07) is 6.32. The Morgan fingerprint density at radius 2 is 2.38 bits per heavy atom.